The van der Waals surface area contributed by atoms with Crippen LogP contribution in [0.15, 0.2) is 4.47 Å². The molecule has 4 nitrogen and oxygen atoms in total. The molecule has 1 aromatic rings. The Balaban J connectivity index is 3.11. The van der Waals surface area contributed by atoms with Crippen LogP contribution in [0.5, 0.6) is 11.5 Å². The number of phenols is 2. The van der Waals surface area contributed by atoms with Crippen molar-refractivity contribution >= 4 is 38.2 Å². The Morgan fingerprint density at radius 1 is 0.815 bits per heavy atom. The summed E-state index contributed by atoms with van der Waals surface area (Å²) in [6.07, 6.45) is 12.6. The fourth-order valence-electron chi connectivity index (χ4n) is 3.40. The van der Waals surface area contributed by atoms with Gasteiger partial charge in [-0.2, -0.15) is 0 Å². The molecule has 0 atom stereocenters. The Labute approximate surface area is 180 Å². The lowest BCUT2D eigenvalue weighted by Gasteiger charge is -2.18. The number of hydrogen-bond acceptors (Lipinski definition) is 4. The Kier molecular flexibility index (Phi) is 12.1. The van der Waals surface area contributed by atoms with Crippen LogP contribution in [0.1, 0.15) is 99.5 Å². The summed E-state index contributed by atoms with van der Waals surface area (Å²) in [5, 5.41) is 20.7. The number of hydrogen-bond donors (Lipinski definition) is 2. The summed E-state index contributed by atoms with van der Waals surface area (Å²) in [6, 6.07) is 0. The number of unbranched alkanes of at least 4 members (excludes halogenated alkanes) is 8. The molecule has 0 fully saturated rings. The lowest BCUT2D eigenvalue weighted by Crippen LogP contribution is -2.09. The van der Waals surface area contributed by atoms with E-state index in [0.717, 1.165) is 49.7 Å². The van der Waals surface area contributed by atoms with E-state index < -0.39 is 11.7 Å². The number of benzene rings is 1. The van der Waals surface area contributed by atoms with E-state index in [4.69, 9.17) is 3.83 Å². The predicted molar refractivity (Wildman–Crippen MR) is 117 cm³/mol. The maximum atomic E-state index is 12.3. The molecule has 0 bridgehead atoms. The molecule has 0 radical (unpaired) electrons. The molecule has 0 heterocycles. The fourth-order valence-corrected chi connectivity index (χ4v) is 4.18. The van der Waals surface area contributed by atoms with Gasteiger partial charge in [0.05, 0.1) is 4.47 Å². The third kappa shape index (κ3) is 7.30. The van der Waals surface area contributed by atoms with E-state index in [1.807, 2.05) is 0 Å². The van der Waals surface area contributed by atoms with Crippen LogP contribution < -0.4 is 0 Å². The summed E-state index contributed by atoms with van der Waals surface area (Å²) in [7, 11) is 0. The van der Waals surface area contributed by atoms with Crippen molar-refractivity contribution < 1.29 is 18.8 Å². The van der Waals surface area contributed by atoms with Crippen LogP contribution >= 0.6 is 32.2 Å². The highest BCUT2D eigenvalue weighted by Gasteiger charge is 2.27. The zero-order chi connectivity index (χ0) is 20.2. The van der Waals surface area contributed by atoms with Gasteiger partial charge in [-0.25, -0.2) is 4.79 Å². The molecule has 27 heavy (non-hydrogen) atoms. The average molecular weight is 508 g/mol. The van der Waals surface area contributed by atoms with Gasteiger partial charge in [-0.1, -0.05) is 65.2 Å². The molecule has 0 saturated carbocycles. The molecule has 2 N–H and O–H groups in total. The summed E-state index contributed by atoms with van der Waals surface area (Å²) < 4.78 is 5.19. The third-order valence-electron chi connectivity index (χ3n) is 4.93. The van der Waals surface area contributed by atoms with E-state index in [0.29, 0.717) is 10.9 Å². The SMILES string of the molecule is CCCCCCCc1c(Br)c(O)c(O)c(C(=O)OBr)c1CCCCCCC. The number of phenolic OH excluding ortho intramolecular Hbond substituents is 2. The minimum absolute atomic E-state index is 0.0756. The van der Waals surface area contributed by atoms with Gasteiger partial charge in [0.1, 0.15) is 5.56 Å². The van der Waals surface area contributed by atoms with Gasteiger partial charge in [0, 0.05) is 0 Å². The molecular formula is C21H32Br2O4. The van der Waals surface area contributed by atoms with E-state index in [1.165, 1.54) is 32.1 Å². The van der Waals surface area contributed by atoms with Gasteiger partial charge < -0.3 is 14.0 Å². The van der Waals surface area contributed by atoms with E-state index in [1.54, 1.807) is 0 Å². The second kappa shape index (κ2) is 13.4. The highest BCUT2D eigenvalue weighted by molar-refractivity contribution is 9.10. The minimum atomic E-state index is -0.675. The zero-order valence-corrected chi connectivity index (χ0v) is 19.6. The van der Waals surface area contributed by atoms with Crippen LogP contribution in [0, 0.1) is 0 Å². The summed E-state index contributed by atoms with van der Waals surface area (Å²) in [5.41, 5.74) is 1.77. The van der Waals surface area contributed by atoms with Gasteiger partial charge in [-0.05, 0) is 52.7 Å². The maximum absolute atomic E-state index is 12.3. The highest BCUT2D eigenvalue weighted by atomic mass is 79.9. The molecule has 0 aromatic heterocycles. The summed E-state index contributed by atoms with van der Waals surface area (Å²) in [4.78, 5) is 12.3. The number of halogens is 2. The molecule has 0 aliphatic carbocycles. The fraction of sp³-hybridized carbons (Fsp3) is 0.667. The normalized spacial score (nSPS) is 11.0. The highest BCUT2D eigenvalue weighted by Crippen LogP contribution is 2.43. The first-order valence-electron chi connectivity index (χ1n) is 10.1. The van der Waals surface area contributed by atoms with Crippen LogP contribution in [0.25, 0.3) is 0 Å². The van der Waals surface area contributed by atoms with Crippen LogP contribution in [0.2, 0.25) is 0 Å². The quantitative estimate of drug-likeness (QED) is 0.216. The Hall–Kier alpha value is -0.750. The van der Waals surface area contributed by atoms with E-state index in [-0.39, 0.29) is 11.3 Å². The van der Waals surface area contributed by atoms with Crippen molar-refractivity contribution in [3.8, 4) is 11.5 Å². The van der Waals surface area contributed by atoms with Crippen LogP contribution in [-0.4, -0.2) is 16.2 Å². The molecule has 1 aromatic carbocycles. The molecule has 154 valence electrons. The Bertz CT molecular complexity index is 603. The smallest absolute Gasteiger partial charge is 0.353 e. The predicted octanol–water partition coefficient (Wildman–Crippen LogP) is 7.35. The van der Waals surface area contributed by atoms with Crippen LogP contribution in [-0.2, 0) is 16.7 Å². The van der Waals surface area contributed by atoms with Crippen molar-refractivity contribution in [3.63, 3.8) is 0 Å². The monoisotopic (exact) mass is 506 g/mol. The molecule has 0 aliphatic rings. The summed E-state index contributed by atoms with van der Waals surface area (Å²) in [6.45, 7) is 4.36. The second-order valence-corrected chi connectivity index (χ2v) is 8.15. The van der Waals surface area contributed by atoms with E-state index in [9.17, 15) is 15.0 Å². The molecule has 0 aliphatic heterocycles. The maximum Gasteiger partial charge on any atom is 0.353 e. The zero-order valence-electron chi connectivity index (χ0n) is 16.5. The molecule has 0 amide bonds. The van der Waals surface area contributed by atoms with Gasteiger partial charge in [0.25, 0.3) is 0 Å². The average Bonchev–Trinajstić information content (AvgIpc) is 2.67. The Morgan fingerprint density at radius 3 is 1.78 bits per heavy atom. The first-order valence-corrected chi connectivity index (χ1v) is 11.5. The van der Waals surface area contributed by atoms with Crippen molar-refractivity contribution in [2.45, 2.75) is 90.9 Å². The topological polar surface area (TPSA) is 66.8 Å². The molecular weight excluding hydrogens is 476 g/mol. The van der Waals surface area contributed by atoms with Crippen molar-refractivity contribution in [1.82, 2.24) is 0 Å². The standard InChI is InChI=1S/C21H32Br2O4/c1-3-5-7-9-11-13-15-16(14-12-10-8-6-4-2)18(22)20(25)19(24)17(15)21(26)27-23/h24-25H,3-14H2,1-2H3. The van der Waals surface area contributed by atoms with E-state index >= 15 is 0 Å². The van der Waals surface area contributed by atoms with Crippen LogP contribution in [0.3, 0.4) is 0 Å². The minimum Gasteiger partial charge on any atom is -0.504 e. The number of rotatable bonds is 13. The molecule has 0 saturated heterocycles. The van der Waals surface area contributed by atoms with Crippen molar-refractivity contribution in [2.75, 3.05) is 0 Å². The van der Waals surface area contributed by atoms with Gasteiger partial charge in [-0.3, -0.25) is 0 Å². The van der Waals surface area contributed by atoms with Gasteiger partial charge in [-0.15, -0.1) is 0 Å². The van der Waals surface area contributed by atoms with Crippen molar-refractivity contribution in [1.29, 1.82) is 0 Å². The van der Waals surface area contributed by atoms with Crippen LogP contribution in [0.4, 0.5) is 0 Å². The summed E-state index contributed by atoms with van der Waals surface area (Å²) in [5.74, 6) is -1.38. The van der Waals surface area contributed by atoms with Gasteiger partial charge in [0.2, 0.25) is 0 Å². The third-order valence-corrected chi connectivity index (χ3v) is 6.08. The number of aromatic hydroxyl groups is 2. The number of carbonyl (C=O) groups excluding carboxylic acids is 1. The molecule has 1 rings (SSSR count). The van der Waals surface area contributed by atoms with E-state index in [2.05, 4.69) is 46.0 Å². The molecule has 0 spiro atoms. The van der Waals surface area contributed by atoms with Crippen molar-refractivity contribution in [2.24, 2.45) is 0 Å². The number of carbonyl (C=O) groups is 1. The molecule has 6 heteroatoms. The lowest BCUT2D eigenvalue weighted by atomic mass is 9.91. The van der Waals surface area contributed by atoms with Gasteiger partial charge >= 0.3 is 5.97 Å². The van der Waals surface area contributed by atoms with Gasteiger partial charge in [0.15, 0.2) is 27.8 Å². The first-order chi connectivity index (χ1) is 13.0. The van der Waals surface area contributed by atoms with Crippen molar-refractivity contribution in [3.05, 3.63) is 21.2 Å². The Morgan fingerprint density at radius 2 is 1.30 bits per heavy atom. The largest absolute Gasteiger partial charge is 0.504 e. The second-order valence-electron chi connectivity index (χ2n) is 7.04. The lowest BCUT2D eigenvalue weighted by molar-refractivity contribution is 0.0776. The summed E-state index contributed by atoms with van der Waals surface area (Å²) >= 11 is 6.15. The molecule has 0 unspecified atom stereocenters. The first kappa shape index (κ1) is 24.3.